The minimum atomic E-state index is -0.553. The zero-order valence-corrected chi connectivity index (χ0v) is 10.00. The van der Waals surface area contributed by atoms with Crippen LogP contribution in [0, 0.1) is 0 Å². The van der Waals surface area contributed by atoms with E-state index >= 15 is 0 Å². The minimum absolute atomic E-state index is 0.0962. The molecule has 2 aromatic rings. The number of nitrogens with two attached hydrogens (primary N) is 1. The van der Waals surface area contributed by atoms with E-state index in [9.17, 15) is 5.11 Å². The molecule has 2 atom stereocenters. The monoisotopic (exact) mass is 236 g/mol. The van der Waals surface area contributed by atoms with Gasteiger partial charge in [0.2, 0.25) is 0 Å². The SMILES string of the molecule is CNC(c1csc2ccccc12)C(O)CN. The summed E-state index contributed by atoms with van der Waals surface area (Å²) in [4.78, 5) is 0. The largest absolute Gasteiger partial charge is 0.390 e. The summed E-state index contributed by atoms with van der Waals surface area (Å²) in [6, 6.07) is 8.11. The Morgan fingerprint density at radius 2 is 2.19 bits per heavy atom. The van der Waals surface area contributed by atoms with E-state index in [2.05, 4.69) is 22.8 Å². The molecule has 2 rings (SSSR count). The standard InChI is InChI=1S/C12H16N2OS/c1-14-12(10(15)6-13)9-7-16-11-5-3-2-4-8(9)11/h2-5,7,10,12,14-15H,6,13H2,1H3. The van der Waals surface area contributed by atoms with E-state index in [0.29, 0.717) is 0 Å². The molecular formula is C12H16N2OS. The first-order chi connectivity index (χ1) is 7.77. The molecule has 0 amide bonds. The summed E-state index contributed by atoms with van der Waals surface area (Å²) in [6.45, 7) is 0.260. The molecule has 16 heavy (non-hydrogen) atoms. The topological polar surface area (TPSA) is 58.3 Å². The molecule has 0 fully saturated rings. The van der Waals surface area contributed by atoms with E-state index in [4.69, 9.17) is 5.73 Å². The number of hydrogen-bond acceptors (Lipinski definition) is 4. The van der Waals surface area contributed by atoms with E-state index in [1.807, 2.05) is 19.2 Å². The van der Waals surface area contributed by atoms with Crippen LogP contribution >= 0.6 is 11.3 Å². The number of thiophene rings is 1. The molecule has 1 aromatic carbocycles. The van der Waals surface area contributed by atoms with Crippen LogP contribution in [0.25, 0.3) is 10.1 Å². The molecule has 86 valence electrons. The van der Waals surface area contributed by atoms with Crippen LogP contribution in [0.4, 0.5) is 0 Å². The van der Waals surface area contributed by atoms with E-state index in [1.165, 1.54) is 10.1 Å². The number of nitrogens with one attached hydrogen (secondary N) is 1. The van der Waals surface area contributed by atoms with Gasteiger partial charge in [-0.25, -0.2) is 0 Å². The number of aliphatic hydroxyl groups excluding tert-OH is 1. The van der Waals surface area contributed by atoms with Gasteiger partial charge in [0.1, 0.15) is 0 Å². The highest BCUT2D eigenvalue weighted by Gasteiger charge is 2.20. The Labute approximate surface area is 98.9 Å². The van der Waals surface area contributed by atoms with Crippen LogP contribution in [0.2, 0.25) is 0 Å². The van der Waals surface area contributed by atoms with E-state index < -0.39 is 6.10 Å². The molecule has 2 unspecified atom stereocenters. The Kier molecular flexibility index (Phi) is 3.56. The van der Waals surface area contributed by atoms with Crippen LogP contribution < -0.4 is 11.1 Å². The fraction of sp³-hybridized carbons (Fsp3) is 0.333. The van der Waals surface area contributed by atoms with Crippen LogP contribution in [0.3, 0.4) is 0 Å². The van der Waals surface area contributed by atoms with Crippen molar-refractivity contribution in [3.05, 3.63) is 35.2 Å². The molecule has 0 aliphatic rings. The molecule has 4 heteroatoms. The maximum Gasteiger partial charge on any atom is 0.0857 e. The Morgan fingerprint density at radius 3 is 2.88 bits per heavy atom. The van der Waals surface area contributed by atoms with Crippen molar-refractivity contribution in [1.29, 1.82) is 0 Å². The second kappa shape index (κ2) is 4.93. The maximum atomic E-state index is 9.87. The van der Waals surface area contributed by atoms with Gasteiger partial charge >= 0.3 is 0 Å². The number of hydrogen-bond donors (Lipinski definition) is 3. The summed E-state index contributed by atoms with van der Waals surface area (Å²) in [5, 5.41) is 16.3. The molecule has 0 aliphatic heterocycles. The first-order valence-corrected chi connectivity index (χ1v) is 6.17. The van der Waals surface area contributed by atoms with E-state index in [0.717, 1.165) is 5.56 Å². The van der Waals surface area contributed by atoms with Gasteiger partial charge in [0.05, 0.1) is 12.1 Å². The summed E-state index contributed by atoms with van der Waals surface area (Å²) in [5.41, 5.74) is 6.64. The highest BCUT2D eigenvalue weighted by Crippen LogP contribution is 2.31. The number of likely N-dealkylation sites (N-methyl/N-ethyl adjacent to an activating group) is 1. The smallest absolute Gasteiger partial charge is 0.0857 e. The highest BCUT2D eigenvalue weighted by molar-refractivity contribution is 7.17. The molecule has 0 saturated carbocycles. The zero-order valence-electron chi connectivity index (χ0n) is 9.18. The van der Waals surface area contributed by atoms with Crippen molar-refractivity contribution in [2.45, 2.75) is 12.1 Å². The van der Waals surface area contributed by atoms with Crippen molar-refractivity contribution < 1.29 is 5.11 Å². The van der Waals surface area contributed by atoms with E-state index in [-0.39, 0.29) is 12.6 Å². The first kappa shape index (κ1) is 11.5. The van der Waals surface area contributed by atoms with Crippen LogP contribution in [0.5, 0.6) is 0 Å². The molecule has 0 aliphatic carbocycles. The van der Waals surface area contributed by atoms with Crippen molar-refractivity contribution in [2.75, 3.05) is 13.6 Å². The lowest BCUT2D eigenvalue weighted by Crippen LogP contribution is -2.34. The quantitative estimate of drug-likeness (QED) is 0.753. The fourth-order valence-corrected chi connectivity index (χ4v) is 2.93. The lowest BCUT2D eigenvalue weighted by Gasteiger charge is -2.20. The van der Waals surface area contributed by atoms with Gasteiger partial charge in [-0.1, -0.05) is 18.2 Å². The lowest BCUT2D eigenvalue weighted by molar-refractivity contribution is 0.140. The van der Waals surface area contributed by atoms with Crippen LogP contribution in [0.1, 0.15) is 11.6 Å². The summed E-state index contributed by atoms with van der Waals surface area (Å²) >= 11 is 1.69. The molecule has 3 nitrogen and oxygen atoms in total. The fourth-order valence-electron chi connectivity index (χ4n) is 1.93. The predicted octanol–water partition coefficient (Wildman–Crippen LogP) is 1.48. The number of fused-ring (bicyclic) bond motifs is 1. The van der Waals surface area contributed by atoms with Gasteiger partial charge in [-0.3, -0.25) is 0 Å². The normalized spacial score (nSPS) is 15.2. The van der Waals surface area contributed by atoms with Gasteiger partial charge < -0.3 is 16.2 Å². The van der Waals surface area contributed by atoms with Gasteiger partial charge in [-0.05, 0) is 29.4 Å². The molecule has 0 radical (unpaired) electrons. The zero-order chi connectivity index (χ0) is 11.5. The Morgan fingerprint density at radius 1 is 1.44 bits per heavy atom. The second-order valence-electron chi connectivity index (χ2n) is 3.76. The number of aliphatic hydroxyl groups is 1. The summed E-state index contributed by atoms with van der Waals surface area (Å²) in [7, 11) is 1.84. The van der Waals surface area contributed by atoms with Gasteiger partial charge in [0.15, 0.2) is 0 Å². The Hall–Kier alpha value is -0.940. The van der Waals surface area contributed by atoms with Crippen molar-refractivity contribution >= 4 is 21.4 Å². The van der Waals surface area contributed by atoms with Crippen molar-refractivity contribution in [1.82, 2.24) is 5.32 Å². The molecule has 1 aromatic heterocycles. The molecule has 4 N–H and O–H groups in total. The minimum Gasteiger partial charge on any atom is -0.390 e. The summed E-state index contributed by atoms with van der Waals surface area (Å²) < 4.78 is 1.24. The van der Waals surface area contributed by atoms with Crippen LogP contribution in [0.15, 0.2) is 29.6 Å². The third-order valence-electron chi connectivity index (χ3n) is 2.78. The third kappa shape index (κ3) is 1.97. The molecular weight excluding hydrogens is 220 g/mol. The van der Waals surface area contributed by atoms with E-state index in [1.54, 1.807) is 11.3 Å². The van der Waals surface area contributed by atoms with Gasteiger partial charge in [-0.2, -0.15) is 0 Å². The average Bonchev–Trinajstić information content (AvgIpc) is 2.74. The molecule has 0 spiro atoms. The molecule has 1 heterocycles. The molecule has 0 bridgehead atoms. The highest BCUT2D eigenvalue weighted by atomic mass is 32.1. The van der Waals surface area contributed by atoms with Gasteiger partial charge in [0.25, 0.3) is 0 Å². The lowest BCUT2D eigenvalue weighted by atomic mass is 10.0. The average molecular weight is 236 g/mol. The Bertz CT molecular complexity index is 469. The first-order valence-electron chi connectivity index (χ1n) is 5.29. The number of benzene rings is 1. The van der Waals surface area contributed by atoms with Crippen molar-refractivity contribution in [3.63, 3.8) is 0 Å². The van der Waals surface area contributed by atoms with Gasteiger partial charge in [0, 0.05) is 11.2 Å². The Balaban J connectivity index is 2.45. The molecule has 0 saturated heterocycles. The maximum absolute atomic E-state index is 9.87. The predicted molar refractivity (Wildman–Crippen MR) is 68.7 cm³/mol. The second-order valence-corrected chi connectivity index (χ2v) is 4.67. The van der Waals surface area contributed by atoms with Crippen LogP contribution in [-0.4, -0.2) is 24.8 Å². The van der Waals surface area contributed by atoms with Crippen molar-refractivity contribution in [3.8, 4) is 0 Å². The summed E-state index contributed by atoms with van der Waals surface area (Å²) in [6.07, 6.45) is -0.553. The van der Waals surface area contributed by atoms with Crippen molar-refractivity contribution in [2.24, 2.45) is 5.73 Å². The third-order valence-corrected chi connectivity index (χ3v) is 3.76. The van der Waals surface area contributed by atoms with Gasteiger partial charge in [-0.15, -0.1) is 11.3 Å². The number of rotatable bonds is 4. The van der Waals surface area contributed by atoms with Crippen LogP contribution in [-0.2, 0) is 0 Å². The summed E-state index contributed by atoms with van der Waals surface area (Å²) in [5.74, 6) is 0.